The first-order chi connectivity index (χ1) is 10.6. The Hall–Kier alpha value is -1.66. The largest absolute Gasteiger partial charge is 0.872 e. The van der Waals surface area contributed by atoms with Gasteiger partial charge in [0, 0.05) is 5.57 Å². The van der Waals surface area contributed by atoms with E-state index in [1.165, 1.54) is 6.92 Å². The molecule has 7 nitrogen and oxygen atoms in total. The number of unbranched alkanes of at least 4 members (excludes halogenated alkanes) is 2. The molecular weight excluding hydrogens is 323 g/mol. The number of hydrogen-bond acceptors (Lipinski definition) is 6. The number of aryl methyl sites for hydroxylation is 1. The molecule has 0 aromatic heterocycles. The fourth-order valence-corrected chi connectivity index (χ4v) is 1.82. The van der Waals surface area contributed by atoms with Gasteiger partial charge in [0.25, 0.3) is 0 Å². The van der Waals surface area contributed by atoms with Crippen LogP contribution in [0.1, 0.15) is 44.2 Å². The molecule has 0 amide bonds. The summed E-state index contributed by atoms with van der Waals surface area (Å²) in [5.41, 5.74) is 1.34. The van der Waals surface area contributed by atoms with Gasteiger partial charge < -0.3 is 29.5 Å². The molecule has 1 aromatic rings. The van der Waals surface area contributed by atoms with Crippen LogP contribution in [-0.4, -0.2) is 11.1 Å². The lowest BCUT2D eigenvalue weighted by molar-refractivity contribution is -0.432. The van der Waals surface area contributed by atoms with Crippen LogP contribution in [-0.2, 0) is 15.8 Å². The molecule has 23 heavy (non-hydrogen) atoms. The van der Waals surface area contributed by atoms with Crippen LogP contribution in [0.5, 0.6) is 0 Å². The molecule has 0 aliphatic carbocycles. The van der Waals surface area contributed by atoms with Crippen LogP contribution in [0.15, 0.2) is 29.8 Å². The molecule has 0 aliphatic heterocycles. The predicted molar refractivity (Wildman–Crippen MR) is 77.5 cm³/mol. The molecule has 1 N–H and O–H groups in total. The molecule has 0 unspecified atom stereocenters. The van der Waals surface area contributed by atoms with Crippen molar-refractivity contribution in [3.63, 3.8) is 0 Å². The number of hydrogen-bond donors (Lipinski definition) is 1. The van der Waals surface area contributed by atoms with Crippen LogP contribution in [0, 0.1) is 0 Å². The summed E-state index contributed by atoms with van der Waals surface area (Å²) in [5, 5.41) is 20.9. The highest BCUT2D eigenvalue weighted by atomic mass is 31.2. The molecule has 130 valence electrons. The summed E-state index contributed by atoms with van der Waals surface area (Å²) >= 11 is 0. The summed E-state index contributed by atoms with van der Waals surface area (Å²) in [6.07, 6.45) is 4.08. The molecule has 0 atom stereocenters. The van der Waals surface area contributed by atoms with E-state index in [0.29, 0.717) is 5.56 Å². The van der Waals surface area contributed by atoms with Gasteiger partial charge in [0.2, 0.25) is 0 Å². The SMILES string of the molecule is CCCCCc1ccccc1/C([O-])=C(\C)C(=O)O.O=P([O-])([O-])[O-]. The standard InChI is InChI=1S/C15H20O3.H3O4P/c1-3-4-5-8-12-9-6-7-10-13(12)14(16)11(2)15(17)18;1-5(2,3)4/h6-7,9-10,16H,3-5,8H2,1-2H3,(H,17,18);(H3,1,2,3,4)/p-4/b14-11-;. The van der Waals surface area contributed by atoms with Gasteiger partial charge in [-0.15, -0.1) is 0 Å². The summed E-state index contributed by atoms with van der Waals surface area (Å²) in [5.74, 6) is -1.53. The van der Waals surface area contributed by atoms with Gasteiger partial charge in [0.15, 0.2) is 0 Å². The Labute approximate surface area is 135 Å². The molecule has 0 bridgehead atoms. The van der Waals surface area contributed by atoms with Crippen molar-refractivity contribution in [2.75, 3.05) is 0 Å². The van der Waals surface area contributed by atoms with Crippen LogP contribution in [0.4, 0.5) is 0 Å². The van der Waals surface area contributed by atoms with Gasteiger partial charge in [0.1, 0.15) is 0 Å². The Bertz CT molecular complexity index is 581. The highest BCUT2D eigenvalue weighted by Gasteiger charge is 2.06. The number of carboxylic acid groups (broad SMARTS) is 1. The van der Waals surface area contributed by atoms with E-state index in [9.17, 15) is 9.90 Å². The van der Waals surface area contributed by atoms with E-state index in [-0.39, 0.29) is 11.3 Å². The highest BCUT2D eigenvalue weighted by molar-refractivity contribution is 7.40. The molecule has 0 spiro atoms. The molecule has 0 heterocycles. The number of carboxylic acids is 1. The number of carbonyl (C=O) groups is 1. The van der Waals surface area contributed by atoms with Crippen LogP contribution in [0.25, 0.3) is 5.76 Å². The molecule has 0 saturated carbocycles. The molecule has 0 fully saturated rings. The zero-order chi connectivity index (χ0) is 18.0. The maximum atomic E-state index is 12.0. The summed E-state index contributed by atoms with van der Waals surface area (Å²) in [7, 11) is -5.39. The second-order valence-corrected chi connectivity index (χ2v) is 5.72. The van der Waals surface area contributed by atoms with E-state index < -0.39 is 13.8 Å². The van der Waals surface area contributed by atoms with Gasteiger partial charge in [-0.3, -0.25) is 0 Å². The van der Waals surface area contributed by atoms with E-state index in [0.717, 1.165) is 31.2 Å². The Morgan fingerprint density at radius 2 is 1.70 bits per heavy atom. The zero-order valence-corrected chi connectivity index (χ0v) is 13.9. The van der Waals surface area contributed by atoms with E-state index in [2.05, 4.69) is 6.92 Å². The van der Waals surface area contributed by atoms with Crippen LogP contribution >= 0.6 is 7.82 Å². The van der Waals surface area contributed by atoms with Crippen molar-refractivity contribution in [3.8, 4) is 0 Å². The summed E-state index contributed by atoms with van der Waals surface area (Å²) in [6.45, 7) is 3.48. The summed E-state index contributed by atoms with van der Waals surface area (Å²) < 4.78 is 8.55. The highest BCUT2D eigenvalue weighted by Crippen LogP contribution is 2.20. The third-order valence-electron chi connectivity index (χ3n) is 2.97. The topological polar surface area (TPSA) is 147 Å². The number of aliphatic carboxylic acids is 1. The van der Waals surface area contributed by atoms with Crippen molar-refractivity contribution < 1.29 is 34.3 Å². The Morgan fingerprint density at radius 1 is 1.17 bits per heavy atom. The van der Waals surface area contributed by atoms with Crippen molar-refractivity contribution in [2.24, 2.45) is 0 Å². The zero-order valence-electron chi connectivity index (χ0n) is 13.0. The van der Waals surface area contributed by atoms with Gasteiger partial charge in [-0.1, -0.05) is 49.8 Å². The molecular formula is C15H19O7P-4. The first-order valence-electron chi connectivity index (χ1n) is 7.00. The molecule has 8 heteroatoms. The van der Waals surface area contributed by atoms with Gasteiger partial charge in [0.05, 0.1) is 0 Å². The quantitative estimate of drug-likeness (QED) is 0.325. The fraction of sp³-hybridized carbons (Fsp3) is 0.400. The average molecular weight is 342 g/mol. The lowest BCUT2D eigenvalue weighted by Crippen LogP contribution is -2.24. The number of phosphoric acid groups is 1. The first kappa shape index (κ1) is 21.3. The van der Waals surface area contributed by atoms with Gasteiger partial charge in [-0.2, -0.15) is 7.82 Å². The Kier molecular flexibility index (Phi) is 9.44. The number of rotatable bonds is 6. The van der Waals surface area contributed by atoms with Crippen LogP contribution in [0.3, 0.4) is 0 Å². The summed E-state index contributed by atoms with van der Waals surface area (Å²) in [4.78, 5) is 36.5. The normalized spacial score (nSPS) is 12.0. The second kappa shape index (κ2) is 10.2. The minimum atomic E-state index is -5.39. The van der Waals surface area contributed by atoms with Crippen molar-refractivity contribution in [1.29, 1.82) is 0 Å². The van der Waals surface area contributed by atoms with Crippen molar-refractivity contribution in [2.45, 2.75) is 39.5 Å². The maximum absolute atomic E-state index is 12.0. The molecule has 0 aliphatic rings. The third kappa shape index (κ3) is 9.86. The lowest BCUT2D eigenvalue weighted by atomic mass is 9.98. The lowest BCUT2D eigenvalue weighted by Gasteiger charge is -2.36. The van der Waals surface area contributed by atoms with Crippen molar-refractivity contribution in [3.05, 3.63) is 41.0 Å². The van der Waals surface area contributed by atoms with E-state index in [4.69, 9.17) is 24.4 Å². The average Bonchev–Trinajstić information content (AvgIpc) is 2.44. The minimum Gasteiger partial charge on any atom is -0.872 e. The van der Waals surface area contributed by atoms with Gasteiger partial charge in [-0.25, -0.2) is 4.79 Å². The van der Waals surface area contributed by atoms with Gasteiger partial charge in [-0.05, 0) is 30.9 Å². The summed E-state index contributed by atoms with van der Waals surface area (Å²) in [6, 6.07) is 7.26. The van der Waals surface area contributed by atoms with Gasteiger partial charge >= 0.3 is 5.97 Å². The van der Waals surface area contributed by atoms with E-state index >= 15 is 0 Å². The first-order valence-corrected chi connectivity index (χ1v) is 8.46. The Balaban J connectivity index is 0.000000841. The maximum Gasteiger partial charge on any atom is 0.330 e. The smallest absolute Gasteiger partial charge is 0.330 e. The number of benzene rings is 1. The molecule has 0 saturated heterocycles. The molecule has 0 radical (unpaired) electrons. The monoisotopic (exact) mass is 342 g/mol. The second-order valence-electron chi connectivity index (χ2n) is 4.82. The van der Waals surface area contributed by atoms with E-state index in [1.54, 1.807) is 12.1 Å². The Morgan fingerprint density at radius 3 is 2.17 bits per heavy atom. The minimum absolute atomic E-state index is 0.127. The molecule has 1 rings (SSSR count). The fourth-order valence-electron chi connectivity index (χ4n) is 1.82. The predicted octanol–water partition coefficient (Wildman–Crippen LogP) is -0.229. The van der Waals surface area contributed by atoms with Crippen molar-refractivity contribution >= 4 is 19.6 Å². The third-order valence-corrected chi connectivity index (χ3v) is 2.97. The van der Waals surface area contributed by atoms with Crippen LogP contribution in [0.2, 0.25) is 0 Å². The molecule has 1 aromatic carbocycles. The van der Waals surface area contributed by atoms with Crippen molar-refractivity contribution in [1.82, 2.24) is 0 Å². The van der Waals surface area contributed by atoms with E-state index in [1.807, 2.05) is 12.1 Å². The van der Waals surface area contributed by atoms with Crippen LogP contribution < -0.4 is 19.8 Å².